The molecule has 7 heteroatoms. The second-order valence-electron chi connectivity index (χ2n) is 10.3. The van der Waals surface area contributed by atoms with Gasteiger partial charge in [-0.1, -0.05) is 37.5 Å². The van der Waals surface area contributed by atoms with E-state index < -0.39 is 6.17 Å². The van der Waals surface area contributed by atoms with E-state index in [-0.39, 0.29) is 6.04 Å². The predicted octanol–water partition coefficient (Wildman–Crippen LogP) is 5.68. The molecule has 1 aromatic rings. The van der Waals surface area contributed by atoms with E-state index in [1.807, 2.05) is 13.1 Å². The van der Waals surface area contributed by atoms with Gasteiger partial charge in [0, 0.05) is 37.5 Å². The topological polar surface area (TPSA) is 91.2 Å². The van der Waals surface area contributed by atoms with E-state index in [2.05, 4.69) is 30.3 Å². The Kier molecular flexibility index (Phi) is 10.1. The number of nitrogens with two attached hydrogens (primary N) is 1. The molecule has 3 N–H and O–H groups in total. The van der Waals surface area contributed by atoms with Crippen LogP contribution in [-0.2, 0) is 6.42 Å². The zero-order valence-electron chi connectivity index (χ0n) is 22.5. The molecule has 2 aliphatic rings. The van der Waals surface area contributed by atoms with Crippen LogP contribution in [0.25, 0.3) is 5.70 Å². The summed E-state index contributed by atoms with van der Waals surface area (Å²) < 4.78 is 13.9. The summed E-state index contributed by atoms with van der Waals surface area (Å²) in [5.74, 6) is 0.722. The third-order valence-electron chi connectivity index (χ3n) is 7.61. The van der Waals surface area contributed by atoms with Crippen molar-refractivity contribution < 1.29 is 4.39 Å². The first-order valence-electron chi connectivity index (χ1n) is 13.3. The highest BCUT2D eigenvalue weighted by atomic mass is 19.1. The summed E-state index contributed by atoms with van der Waals surface area (Å²) in [6, 6.07) is 2.09. The summed E-state index contributed by atoms with van der Waals surface area (Å²) in [7, 11) is 3.67. The Hall–Kier alpha value is -2.67. The molecule has 1 aromatic heterocycles. The van der Waals surface area contributed by atoms with Gasteiger partial charge in [-0.25, -0.2) is 14.4 Å². The molecule has 1 aliphatic carbocycles. The van der Waals surface area contributed by atoms with Crippen molar-refractivity contribution in [2.45, 2.75) is 83.8 Å². The Labute approximate surface area is 216 Å². The largest absolute Gasteiger partial charge is 0.397 e. The number of hydrogen-bond acceptors (Lipinski definition) is 6. The van der Waals surface area contributed by atoms with Gasteiger partial charge in [-0.2, -0.15) is 0 Å². The maximum Gasteiger partial charge on any atom is 0.178 e. The number of halogens is 1. The van der Waals surface area contributed by atoms with Crippen molar-refractivity contribution in [3.63, 3.8) is 0 Å². The van der Waals surface area contributed by atoms with E-state index in [1.165, 1.54) is 24.0 Å². The maximum absolute atomic E-state index is 13.9. The zero-order chi connectivity index (χ0) is 26.2. The van der Waals surface area contributed by atoms with Crippen molar-refractivity contribution in [3.8, 4) is 0 Å². The highest BCUT2D eigenvalue weighted by Gasteiger charge is 2.29. The second-order valence-corrected chi connectivity index (χ2v) is 10.3. The fraction of sp³-hybridized carbons (Fsp3) is 0.586. The molecular weight excluding hydrogens is 451 g/mol. The van der Waals surface area contributed by atoms with Gasteiger partial charge < -0.3 is 10.6 Å². The number of aliphatic imine (C=N–C) groups is 1. The molecule has 1 aliphatic heterocycles. The zero-order valence-corrected chi connectivity index (χ0v) is 22.5. The highest BCUT2D eigenvalue weighted by molar-refractivity contribution is 6.08. The number of hydrogen-bond donors (Lipinski definition) is 2. The van der Waals surface area contributed by atoms with Gasteiger partial charge in [0.2, 0.25) is 0 Å². The smallest absolute Gasteiger partial charge is 0.178 e. The number of likely N-dealkylation sites (tertiary alicyclic amines) is 1. The SMILES string of the molecule is C=C1CCCCC1/C(C)=C(\CCC)C(=N)c1nc(CCC2C[C@H](F)CN2C)cc(C(N)=CC=NC)n1. The maximum atomic E-state index is 13.9. The number of aryl methyl sites for hydroxylation is 1. The van der Waals surface area contributed by atoms with Crippen LogP contribution in [-0.4, -0.2) is 59.6 Å². The van der Waals surface area contributed by atoms with Crippen LogP contribution < -0.4 is 5.73 Å². The van der Waals surface area contributed by atoms with Crippen LogP contribution in [0.15, 0.2) is 40.4 Å². The molecule has 0 spiro atoms. The number of nitrogens with zero attached hydrogens (tertiary/aromatic N) is 4. The molecule has 2 unspecified atom stereocenters. The predicted molar refractivity (Wildman–Crippen MR) is 148 cm³/mol. The summed E-state index contributed by atoms with van der Waals surface area (Å²) in [6.45, 7) is 9.12. The van der Waals surface area contributed by atoms with Gasteiger partial charge in [0.1, 0.15) is 11.9 Å². The van der Waals surface area contributed by atoms with Gasteiger partial charge in [-0.3, -0.25) is 10.4 Å². The average molecular weight is 495 g/mol. The number of aromatic nitrogens is 2. The Bertz CT molecular complexity index is 1040. The molecule has 3 atom stereocenters. The minimum atomic E-state index is -0.768. The van der Waals surface area contributed by atoms with E-state index in [0.29, 0.717) is 48.2 Å². The lowest BCUT2D eigenvalue weighted by atomic mass is 9.78. The molecule has 0 radical (unpaired) electrons. The lowest BCUT2D eigenvalue weighted by Gasteiger charge is -2.28. The van der Waals surface area contributed by atoms with Crippen LogP contribution >= 0.6 is 0 Å². The van der Waals surface area contributed by atoms with E-state index in [4.69, 9.17) is 15.7 Å². The molecule has 1 saturated heterocycles. The van der Waals surface area contributed by atoms with Gasteiger partial charge in [-0.15, -0.1) is 0 Å². The normalized spacial score (nSPS) is 24.4. The van der Waals surface area contributed by atoms with Crippen LogP contribution in [0.5, 0.6) is 0 Å². The summed E-state index contributed by atoms with van der Waals surface area (Å²) in [5.41, 5.74) is 12.1. The molecule has 36 heavy (non-hydrogen) atoms. The van der Waals surface area contributed by atoms with Gasteiger partial charge in [0.25, 0.3) is 0 Å². The van der Waals surface area contributed by atoms with Gasteiger partial charge in [0.05, 0.1) is 11.4 Å². The molecule has 2 fully saturated rings. The first-order chi connectivity index (χ1) is 17.2. The Morgan fingerprint density at radius 3 is 2.78 bits per heavy atom. The quantitative estimate of drug-likeness (QED) is 0.323. The van der Waals surface area contributed by atoms with E-state index in [1.54, 1.807) is 19.3 Å². The van der Waals surface area contributed by atoms with Crippen LogP contribution in [0.2, 0.25) is 0 Å². The molecule has 196 valence electrons. The van der Waals surface area contributed by atoms with Crippen LogP contribution in [0, 0.1) is 11.3 Å². The number of alkyl halides is 1. The van der Waals surface area contributed by atoms with Gasteiger partial charge in [0.15, 0.2) is 5.82 Å². The summed E-state index contributed by atoms with van der Waals surface area (Å²) in [6.07, 6.45) is 10.9. The van der Waals surface area contributed by atoms with Crippen molar-refractivity contribution in [2.75, 3.05) is 20.6 Å². The highest BCUT2D eigenvalue weighted by Crippen LogP contribution is 2.36. The molecule has 1 saturated carbocycles. The van der Waals surface area contributed by atoms with Crippen molar-refractivity contribution in [1.82, 2.24) is 14.9 Å². The van der Waals surface area contributed by atoms with Crippen LogP contribution in [0.3, 0.4) is 0 Å². The van der Waals surface area contributed by atoms with E-state index in [0.717, 1.165) is 43.4 Å². The number of allylic oxidation sites excluding steroid dienone is 4. The van der Waals surface area contributed by atoms with Crippen LogP contribution in [0.1, 0.15) is 82.4 Å². The molecular formula is C29H43FN6. The lowest BCUT2D eigenvalue weighted by molar-refractivity contribution is 0.285. The van der Waals surface area contributed by atoms with E-state index in [9.17, 15) is 9.80 Å². The Morgan fingerprint density at radius 1 is 1.36 bits per heavy atom. The third-order valence-corrected chi connectivity index (χ3v) is 7.61. The summed E-state index contributed by atoms with van der Waals surface area (Å²) in [4.78, 5) is 15.6. The monoisotopic (exact) mass is 494 g/mol. The summed E-state index contributed by atoms with van der Waals surface area (Å²) in [5, 5.41) is 9.18. The average Bonchev–Trinajstić information content (AvgIpc) is 3.20. The molecule has 0 amide bonds. The second kappa shape index (κ2) is 13.0. The number of nitrogens with one attached hydrogen (secondary N) is 1. The van der Waals surface area contributed by atoms with Crippen molar-refractivity contribution in [2.24, 2.45) is 16.6 Å². The first kappa shape index (κ1) is 27.9. The molecule has 0 aromatic carbocycles. The van der Waals surface area contributed by atoms with Gasteiger partial charge in [-0.05, 0) is 76.6 Å². The van der Waals surface area contributed by atoms with Crippen molar-refractivity contribution in [1.29, 1.82) is 5.41 Å². The fourth-order valence-corrected chi connectivity index (χ4v) is 5.51. The molecule has 6 nitrogen and oxygen atoms in total. The lowest BCUT2D eigenvalue weighted by Crippen LogP contribution is -2.25. The van der Waals surface area contributed by atoms with Crippen LogP contribution in [0.4, 0.5) is 4.39 Å². The Morgan fingerprint density at radius 2 is 2.14 bits per heavy atom. The van der Waals surface area contributed by atoms with E-state index >= 15 is 0 Å². The first-order valence-corrected chi connectivity index (χ1v) is 13.3. The fourth-order valence-electron chi connectivity index (χ4n) is 5.51. The van der Waals surface area contributed by atoms with Gasteiger partial charge >= 0.3 is 0 Å². The summed E-state index contributed by atoms with van der Waals surface area (Å²) >= 11 is 0. The Balaban J connectivity index is 1.97. The number of rotatable bonds is 10. The molecule has 0 bridgehead atoms. The third kappa shape index (κ3) is 6.96. The van der Waals surface area contributed by atoms with Crippen molar-refractivity contribution in [3.05, 3.63) is 52.7 Å². The molecule has 3 rings (SSSR count). The standard InChI is InChI=1S/C29H43FN6/c1-6-9-25(20(3)24-11-8-7-10-19(24)2)28(32)29-34-22(12-13-23-16-21(30)18-36(23)5)17-27(35-29)26(31)14-15-33-4/h14-15,17,21,23-24,32H,2,6-13,16,18,31H2,1,3-5H3/b25-20+,26-14?,32-28?,33-15?/t21-,23?,24?/m0/s1. The minimum Gasteiger partial charge on any atom is -0.397 e. The molecule has 2 heterocycles. The minimum absolute atomic E-state index is 0.191. The van der Waals surface area contributed by atoms with Crippen molar-refractivity contribution >= 4 is 17.6 Å².